The monoisotopic (exact) mass is 264 g/mol. The zero-order chi connectivity index (χ0) is 4.50. The van der Waals surface area contributed by atoms with Crippen molar-refractivity contribution in [3.05, 3.63) is 0 Å². The Kier molecular flexibility index (Phi) is 68.5. The largest absolute Gasteiger partial charge is 0.316 e. The molecule has 0 aromatic rings. The Morgan fingerprint density at radius 2 is 1.00 bits per heavy atom. The van der Waals surface area contributed by atoms with Gasteiger partial charge in [0.2, 0.25) is 0 Å². The summed E-state index contributed by atoms with van der Waals surface area (Å²) in [5.74, 6) is 0. The first kappa shape index (κ1) is 38.1. The molecule has 2 N–H and O–H groups in total. The molecule has 0 aromatic heterocycles. The molecule has 0 aliphatic rings. The van der Waals surface area contributed by atoms with Gasteiger partial charge in [-0.25, -0.2) is 0 Å². The summed E-state index contributed by atoms with van der Waals surface area (Å²) < 4.78 is 31.6. The van der Waals surface area contributed by atoms with Gasteiger partial charge in [-0.2, -0.15) is 8.42 Å². The van der Waals surface area contributed by atoms with Crippen molar-refractivity contribution in [3.63, 3.8) is 0 Å². The number of halogens is 1. The Morgan fingerprint density at radius 3 is 1.00 bits per heavy atom. The van der Waals surface area contributed by atoms with Crippen LogP contribution in [0.5, 0.6) is 0 Å². The molecule has 0 amide bonds. The maximum atomic E-state index is 8.74. The molecule has 0 saturated carbocycles. The molecule has 0 bridgehead atoms. The Morgan fingerprint density at radius 1 is 1.00 bits per heavy atom. The first-order chi connectivity index (χ1) is 2.00. The van der Waals surface area contributed by atoms with E-state index in [1.165, 1.54) is 0 Å². The molecule has 0 atom stereocenters. The molecule has 0 saturated heterocycles. The molecule has 0 heterocycles. The summed E-state index contributed by atoms with van der Waals surface area (Å²) >= 11 is 0. The normalized spacial score (nSPS) is 5.80. The molecular weight excluding hydrogens is 258 g/mol. The van der Waals surface area contributed by atoms with Crippen LogP contribution in [-0.4, -0.2) is 78.3 Å². The van der Waals surface area contributed by atoms with Crippen molar-refractivity contribution in [3.8, 4) is 0 Å². The van der Waals surface area contributed by atoms with E-state index in [-0.39, 0.29) is 93.0 Å². The minimum atomic E-state index is -4.67. The van der Waals surface area contributed by atoms with Crippen LogP contribution in [0.3, 0.4) is 0 Å². The van der Waals surface area contributed by atoms with Gasteiger partial charge < -0.3 is 0 Å². The Balaban J connectivity index is -0.00000000800. The smallest absolute Gasteiger partial charge is 0 e. The van der Waals surface area contributed by atoms with Crippen molar-refractivity contribution >= 4 is 103 Å². The third-order valence-electron chi connectivity index (χ3n) is 0. The van der Waals surface area contributed by atoms with Crippen LogP contribution in [0.4, 0.5) is 0 Å². The van der Waals surface area contributed by atoms with Gasteiger partial charge in [-0.05, 0) is 0 Å². The molecule has 0 spiro atoms. The maximum Gasteiger partial charge on any atom is 0.316 e. The van der Waals surface area contributed by atoms with Gasteiger partial charge in [-0.1, -0.05) is 0 Å². The van der Waals surface area contributed by atoms with Gasteiger partial charge in [-0.15, -0.1) is 12.4 Å². The third kappa shape index (κ3) is 120. The van der Waals surface area contributed by atoms with E-state index in [4.69, 9.17) is 17.5 Å². The Bertz CT molecular complexity index is 106. The van der Waals surface area contributed by atoms with Crippen LogP contribution in [-0.2, 0) is 10.4 Å². The second-order valence-electron chi connectivity index (χ2n) is 0.448. The van der Waals surface area contributed by atoms with Gasteiger partial charge in [-0.3, -0.25) is 9.11 Å². The molecule has 58 valence electrons. The van der Waals surface area contributed by atoms with Crippen LogP contribution in [0.2, 0.25) is 0 Å². The molecule has 6 radical (unpaired) electrons. The van der Waals surface area contributed by atoms with E-state index in [0.717, 1.165) is 0 Å². The zero-order valence-electron chi connectivity index (χ0n) is 3.42. The van der Waals surface area contributed by atoms with Crippen LogP contribution in [0, 0.1) is 0 Å². The predicted octanol–water partition coefficient (Wildman–Crippen LogP) is -0.341. The standard InChI is InChI=1S/Ca.ClH.Mg.H2O4S.2P.4H/c;;;1-5(2,3)4;;;;;;/h;1H;;(H2,1,2,3,4);;;;;;. The van der Waals surface area contributed by atoms with Crippen LogP contribution in [0.25, 0.3) is 0 Å². The van der Waals surface area contributed by atoms with Crippen LogP contribution in [0.15, 0.2) is 0 Å². The van der Waals surface area contributed by atoms with Gasteiger partial charge >= 0.3 is 71.2 Å². The topological polar surface area (TPSA) is 74.6 Å². The number of hydrogen-bond acceptors (Lipinski definition) is 2. The third-order valence-corrected chi connectivity index (χ3v) is 0. The Labute approximate surface area is 119 Å². The molecular formula is H7CaClMgO4P2S. The van der Waals surface area contributed by atoms with Crippen molar-refractivity contribution in [1.82, 2.24) is 0 Å². The Hall–Kier alpha value is 3.05. The quantitative estimate of drug-likeness (QED) is 0.357. The van der Waals surface area contributed by atoms with Gasteiger partial charge in [0, 0.05) is 19.8 Å². The summed E-state index contributed by atoms with van der Waals surface area (Å²) in [6.07, 6.45) is 0. The molecule has 10 heteroatoms. The summed E-state index contributed by atoms with van der Waals surface area (Å²) in [4.78, 5) is 0. The summed E-state index contributed by atoms with van der Waals surface area (Å²) in [7, 11) is -4.67. The van der Waals surface area contributed by atoms with E-state index in [9.17, 15) is 0 Å². The van der Waals surface area contributed by atoms with E-state index in [2.05, 4.69) is 0 Å². The van der Waals surface area contributed by atoms with E-state index in [0.29, 0.717) is 0 Å². The minimum Gasteiger partial charge on any atom is 0 e. The first-order valence-corrected chi connectivity index (χ1v) is 2.10. The van der Waals surface area contributed by atoms with Crippen molar-refractivity contribution in [2.24, 2.45) is 0 Å². The van der Waals surface area contributed by atoms with Crippen molar-refractivity contribution in [2.75, 3.05) is 0 Å². The second-order valence-corrected chi connectivity index (χ2v) is 1.34. The average Bonchev–Trinajstić information content (AvgIpc) is 0.722. The molecule has 0 aromatic carbocycles. The van der Waals surface area contributed by atoms with E-state index in [1.54, 1.807) is 0 Å². The molecule has 0 aliphatic heterocycles. The minimum absolute atomic E-state index is 0. The fraction of sp³-hybridized carbons (Fsp3) is 0. The molecule has 0 aliphatic carbocycles. The summed E-state index contributed by atoms with van der Waals surface area (Å²) in [6.45, 7) is 0. The van der Waals surface area contributed by atoms with Crippen molar-refractivity contribution in [1.29, 1.82) is 0 Å². The summed E-state index contributed by atoms with van der Waals surface area (Å²) in [5, 5.41) is 0. The molecule has 0 rings (SSSR count). The average molecular weight is 265 g/mol. The maximum absolute atomic E-state index is 8.74. The summed E-state index contributed by atoms with van der Waals surface area (Å²) in [5.41, 5.74) is 0. The van der Waals surface area contributed by atoms with Crippen LogP contribution < -0.4 is 0 Å². The predicted molar refractivity (Wildman–Crippen MR) is 52.4 cm³/mol. The first-order valence-electron chi connectivity index (χ1n) is 0.698. The molecule has 10 heavy (non-hydrogen) atoms. The van der Waals surface area contributed by atoms with E-state index in [1.807, 2.05) is 0 Å². The molecule has 4 nitrogen and oxygen atoms in total. The fourth-order valence-corrected chi connectivity index (χ4v) is 0. The van der Waals surface area contributed by atoms with Gasteiger partial charge in [0.05, 0.1) is 0 Å². The number of hydrogen-bond donors (Lipinski definition) is 2. The fourth-order valence-electron chi connectivity index (χ4n) is 0. The second kappa shape index (κ2) is 18.0. The van der Waals surface area contributed by atoms with Crippen molar-refractivity contribution in [2.45, 2.75) is 0 Å². The zero-order valence-corrected chi connectivity index (χ0v) is 6.84. The molecule has 0 unspecified atom stereocenters. The number of rotatable bonds is 0. The van der Waals surface area contributed by atoms with Crippen LogP contribution in [0.1, 0.15) is 0 Å². The van der Waals surface area contributed by atoms with Gasteiger partial charge in [0.25, 0.3) is 0 Å². The SMILES string of the molecule is Cl.O=S(=O)(O)O.[CaH2].[MgH2].[P].[P]. The van der Waals surface area contributed by atoms with Gasteiger partial charge in [0.1, 0.15) is 0 Å². The van der Waals surface area contributed by atoms with E-state index >= 15 is 0 Å². The van der Waals surface area contributed by atoms with Gasteiger partial charge in [0.15, 0.2) is 0 Å². The summed E-state index contributed by atoms with van der Waals surface area (Å²) in [6, 6.07) is 0. The van der Waals surface area contributed by atoms with E-state index < -0.39 is 10.4 Å². The van der Waals surface area contributed by atoms with Crippen molar-refractivity contribution < 1.29 is 17.5 Å². The van der Waals surface area contributed by atoms with Crippen LogP contribution >= 0.6 is 32.2 Å². The molecule has 0 fully saturated rings.